The molecule has 5 N–H and O–H groups in total. The van der Waals surface area contributed by atoms with Crippen molar-refractivity contribution < 1.29 is 42.1 Å². The molecule has 2 aromatic carbocycles. The van der Waals surface area contributed by atoms with Gasteiger partial charge < -0.3 is 25.6 Å². The Morgan fingerprint density at radius 1 is 0.957 bits per heavy atom. The normalized spacial score (nSPS) is 23.8. The highest BCUT2D eigenvalue weighted by atomic mass is 19.4. The molecule has 10 nitrogen and oxygen atoms in total. The zero-order valence-electron chi connectivity index (χ0n) is 25.9. The molecule has 0 aromatic heterocycles. The molecule has 13 heteroatoms. The third-order valence-corrected chi connectivity index (χ3v) is 8.99. The summed E-state index contributed by atoms with van der Waals surface area (Å²) < 4.78 is 42.4. The van der Waals surface area contributed by atoms with Gasteiger partial charge in [0.05, 0.1) is 14.2 Å². The maximum absolute atomic E-state index is 13.3. The Labute approximate surface area is 265 Å². The maximum atomic E-state index is 13.3. The highest BCUT2D eigenvalue weighted by Crippen LogP contribution is 2.61. The molecule has 46 heavy (non-hydrogen) atoms. The molecule has 0 aliphatic heterocycles. The highest BCUT2D eigenvalue weighted by Gasteiger charge is 2.51. The summed E-state index contributed by atoms with van der Waals surface area (Å²) in [4.78, 5) is 39.7. The van der Waals surface area contributed by atoms with Crippen LogP contribution in [0.5, 0.6) is 11.5 Å². The molecule has 0 unspecified atom stereocenters. The van der Waals surface area contributed by atoms with Crippen molar-refractivity contribution in [2.24, 2.45) is 33.9 Å². The summed E-state index contributed by atoms with van der Waals surface area (Å²) >= 11 is 0. The van der Waals surface area contributed by atoms with Gasteiger partial charge in [-0.3, -0.25) is 14.9 Å². The summed E-state index contributed by atoms with van der Waals surface area (Å²) in [6, 6.07) is 14.4. The van der Waals surface area contributed by atoms with Crippen LogP contribution in [-0.4, -0.2) is 55.3 Å². The smallest absolute Gasteiger partial charge is 0.490 e. The number of carbonyl (C=O) groups excluding carboxylic acids is 2. The third kappa shape index (κ3) is 9.37. The van der Waals surface area contributed by atoms with Crippen molar-refractivity contribution in [3.8, 4) is 11.5 Å². The number of amides is 2. The van der Waals surface area contributed by atoms with E-state index in [0.29, 0.717) is 24.3 Å². The number of guanidine groups is 1. The number of nitrogens with one attached hydrogen (secondary N) is 2. The van der Waals surface area contributed by atoms with E-state index in [2.05, 4.69) is 15.6 Å². The minimum absolute atomic E-state index is 0.00748. The number of ether oxygens (including phenoxy) is 2. The predicted octanol–water partition coefficient (Wildman–Crippen LogP) is 4.60. The number of aliphatic carboxylic acids is 1. The molecule has 250 valence electrons. The summed E-state index contributed by atoms with van der Waals surface area (Å²) in [5.41, 5.74) is 8.15. The number of hydrogen-bond donors (Lipinski definition) is 4. The molecule has 6 rings (SSSR count). The highest BCUT2D eigenvalue weighted by molar-refractivity contribution is 5.97. The first-order valence-electron chi connectivity index (χ1n) is 15.2. The number of carbonyl (C=O) groups is 3. The lowest BCUT2D eigenvalue weighted by atomic mass is 9.49. The van der Waals surface area contributed by atoms with Crippen LogP contribution in [-0.2, 0) is 27.3 Å². The fourth-order valence-electron chi connectivity index (χ4n) is 7.57. The molecule has 0 heterocycles. The number of hydrogen-bond acceptors (Lipinski definition) is 6. The quantitative estimate of drug-likeness (QED) is 0.218. The van der Waals surface area contributed by atoms with Crippen molar-refractivity contribution in [1.29, 1.82) is 0 Å². The molecule has 2 aromatic rings. The largest absolute Gasteiger partial charge is 0.493 e. The van der Waals surface area contributed by atoms with Crippen LogP contribution in [0.4, 0.5) is 13.2 Å². The van der Waals surface area contributed by atoms with E-state index < -0.39 is 18.2 Å². The minimum Gasteiger partial charge on any atom is -0.493 e. The average molecular weight is 647 g/mol. The van der Waals surface area contributed by atoms with Gasteiger partial charge in [-0.05, 0) is 85.0 Å². The average Bonchev–Trinajstić information content (AvgIpc) is 2.98. The Kier molecular flexibility index (Phi) is 11.2. The van der Waals surface area contributed by atoms with Gasteiger partial charge in [0.1, 0.15) is 6.04 Å². The van der Waals surface area contributed by atoms with E-state index in [0.717, 1.165) is 48.1 Å². The fourth-order valence-corrected chi connectivity index (χ4v) is 7.57. The second kappa shape index (κ2) is 14.9. The van der Waals surface area contributed by atoms with Crippen molar-refractivity contribution in [3.05, 3.63) is 59.7 Å². The van der Waals surface area contributed by atoms with Gasteiger partial charge in [-0.25, -0.2) is 9.79 Å². The van der Waals surface area contributed by atoms with Crippen LogP contribution in [0.3, 0.4) is 0 Å². The molecule has 4 saturated carbocycles. The molecule has 2 amide bonds. The van der Waals surface area contributed by atoms with E-state index in [-0.39, 0.29) is 29.7 Å². The number of halogens is 3. The van der Waals surface area contributed by atoms with Gasteiger partial charge in [-0.2, -0.15) is 13.2 Å². The SMILES string of the molecule is COc1ccc(CNC(=O)[C@@H](Cc2ccccc2)N=C(N)NC(=O)CC23CC4CC(CC(C4)C2)C3)cc1OC.O=C(O)C(F)(F)F. The van der Waals surface area contributed by atoms with E-state index in [4.69, 9.17) is 25.1 Å². The van der Waals surface area contributed by atoms with Gasteiger partial charge in [-0.15, -0.1) is 0 Å². The summed E-state index contributed by atoms with van der Waals surface area (Å²) in [5, 5.41) is 12.9. The van der Waals surface area contributed by atoms with Gasteiger partial charge in [0, 0.05) is 19.4 Å². The number of benzene rings is 2. The summed E-state index contributed by atoms with van der Waals surface area (Å²) in [6.07, 6.45) is 3.24. The van der Waals surface area contributed by atoms with Gasteiger partial charge in [0.2, 0.25) is 11.8 Å². The van der Waals surface area contributed by atoms with Crippen molar-refractivity contribution >= 4 is 23.7 Å². The number of alkyl halides is 3. The Bertz CT molecular complexity index is 1380. The van der Waals surface area contributed by atoms with Crippen molar-refractivity contribution in [1.82, 2.24) is 10.6 Å². The van der Waals surface area contributed by atoms with Crippen LogP contribution >= 0.6 is 0 Å². The van der Waals surface area contributed by atoms with Crippen molar-refractivity contribution in [2.75, 3.05) is 14.2 Å². The minimum atomic E-state index is -5.08. The molecule has 0 saturated heterocycles. The lowest BCUT2D eigenvalue weighted by Gasteiger charge is -2.56. The van der Waals surface area contributed by atoms with E-state index >= 15 is 0 Å². The Balaban J connectivity index is 0.000000617. The maximum Gasteiger partial charge on any atom is 0.490 e. The first-order valence-corrected chi connectivity index (χ1v) is 15.2. The third-order valence-electron chi connectivity index (χ3n) is 8.99. The molecule has 4 aliphatic carbocycles. The summed E-state index contributed by atoms with van der Waals surface area (Å²) in [7, 11) is 3.16. The monoisotopic (exact) mass is 646 g/mol. The summed E-state index contributed by atoms with van der Waals surface area (Å²) in [5.74, 6) is 0.415. The Morgan fingerprint density at radius 2 is 1.52 bits per heavy atom. The molecule has 4 fully saturated rings. The van der Waals surface area contributed by atoms with E-state index in [1.807, 2.05) is 42.5 Å². The molecular formula is C33H41F3N4O6. The van der Waals surface area contributed by atoms with Crippen LogP contribution in [0, 0.1) is 23.2 Å². The topological polar surface area (TPSA) is 152 Å². The predicted molar refractivity (Wildman–Crippen MR) is 164 cm³/mol. The van der Waals surface area contributed by atoms with Gasteiger partial charge in [0.15, 0.2) is 17.5 Å². The van der Waals surface area contributed by atoms with Crippen LogP contribution in [0.15, 0.2) is 53.5 Å². The molecule has 0 spiro atoms. The van der Waals surface area contributed by atoms with Crippen LogP contribution < -0.4 is 25.8 Å². The van der Waals surface area contributed by atoms with Crippen LogP contribution in [0.2, 0.25) is 0 Å². The van der Waals surface area contributed by atoms with Crippen LogP contribution in [0.1, 0.15) is 56.1 Å². The van der Waals surface area contributed by atoms with Gasteiger partial charge >= 0.3 is 12.1 Å². The Hall–Kier alpha value is -4.29. The molecule has 1 atom stereocenters. The lowest BCUT2D eigenvalue weighted by Crippen LogP contribution is -2.49. The lowest BCUT2D eigenvalue weighted by molar-refractivity contribution is -0.192. The number of carboxylic acid groups (broad SMARTS) is 1. The number of nitrogens with two attached hydrogens (primary N) is 1. The van der Waals surface area contributed by atoms with Crippen molar-refractivity contribution in [2.45, 2.75) is 70.1 Å². The van der Waals surface area contributed by atoms with Crippen LogP contribution in [0.25, 0.3) is 0 Å². The molecular weight excluding hydrogens is 605 g/mol. The zero-order chi connectivity index (χ0) is 33.5. The number of methoxy groups -OCH3 is 2. The standard InChI is InChI=1S/C31H40N4O4.C2HF3O2/c1-38-26-9-8-21(14-27(26)39-2)19-33-29(37)25(13-20-6-4-3-5-7-20)34-30(32)35-28(36)18-31-15-22-10-23(16-31)12-24(11-22)17-31;3-2(4,5)1(6)7/h3-9,14,22-25H,10-13,15-19H2,1-2H3,(H,33,37)(H3,32,34,35,36);(H,6,7)/t22?,23?,24?,25-,31?;/m1./s1. The first-order chi connectivity index (χ1) is 21.8. The molecule has 4 aliphatic rings. The molecule has 4 bridgehead atoms. The second-order valence-corrected chi connectivity index (χ2v) is 12.6. The van der Waals surface area contributed by atoms with Crippen molar-refractivity contribution in [3.63, 3.8) is 0 Å². The fraction of sp³-hybridized carbons (Fsp3) is 0.515. The second-order valence-electron chi connectivity index (χ2n) is 12.6. The number of nitrogens with zero attached hydrogens (tertiary/aromatic N) is 1. The van der Waals surface area contributed by atoms with E-state index in [1.54, 1.807) is 20.3 Å². The van der Waals surface area contributed by atoms with E-state index in [9.17, 15) is 22.8 Å². The van der Waals surface area contributed by atoms with Gasteiger partial charge in [0.25, 0.3) is 0 Å². The number of carboxylic acids is 1. The Morgan fingerprint density at radius 3 is 2.04 bits per heavy atom. The molecule has 0 radical (unpaired) electrons. The number of rotatable bonds is 10. The summed E-state index contributed by atoms with van der Waals surface area (Å²) in [6.45, 7) is 0.290. The number of aliphatic imine (C=N–C) groups is 1. The zero-order valence-corrected chi connectivity index (χ0v) is 25.9. The van der Waals surface area contributed by atoms with E-state index in [1.165, 1.54) is 19.3 Å². The van der Waals surface area contributed by atoms with Gasteiger partial charge in [-0.1, -0.05) is 36.4 Å². The first kappa shape index (κ1) is 34.6.